The molecule has 0 bridgehead atoms. The van der Waals surface area contributed by atoms with Gasteiger partial charge in [-0.2, -0.15) is 0 Å². The molecule has 1 N–H and O–H groups in total. The first-order valence-corrected chi connectivity index (χ1v) is 6.14. The number of rotatable bonds is 3. The molecule has 0 aliphatic heterocycles. The lowest BCUT2D eigenvalue weighted by atomic mass is 10.1. The molecule has 1 aromatic carbocycles. The van der Waals surface area contributed by atoms with Gasteiger partial charge in [0.25, 0.3) is 0 Å². The maximum Gasteiger partial charge on any atom is 0.250 e. The van der Waals surface area contributed by atoms with E-state index in [1.165, 1.54) is 10.6 Å². The fourth-order valence-electron chi connectivity index (χ4n) is 1.69. The SMILES string of the molecule is Cn1cc(NC(=O)Cc2ccccc2Cl)ccc1=O. The molecule has 98 valence electrons. The first kappa shape index (κ1) is 13.4. The zero-order valence-electron chi connectivity index (χ0n) is 10.4. The van der Waals surface area contributed by atoms with Crippen LogP contribution in [0.1, 0.15) is 5.56 Å². The number of anilines is 1. The molecule has 0 atom stereocenters. The lowest BCUT2D eigenvalue weighted by Crippen LogP contribution is -2.19. The van der Waals surface area contributed by atoms with Crippen molar-refractivity contribution in [1.29, 1.82) is 0 Å². The Hall–Kier alpha value is -2.07. The summed E-state index contributed by atoms with van der Waals surface area (Å²) in [6.45, 7) is 0. The topological polar surface area (TPSA) is 51.1 Å². The Bertz CT molecular complexity index is 664. The van der Waals surface area contributed by atoms with Gasteiger partial charge in [0.2, 0.25) is 11.5 Å². The first-order chi connectivity index (χ1) is 9.06. The molecule has 0 unspecified atom stereocenters. The smallest absolute Gasteiger partial charge is 0.250 e. The fraction of sp³-hybridized carbons (Fsp3) is 0.143. The van der Waals surface area contributed by atoms with Gasteiger partial charge >= 0.3 is 0 Å². The molecular formula is C14H13ClN2O2. The predicted molar refractivity (Wildman–Crippen MR) is 75.5 cm³/mol. The monoisotopic (exact) mass is 276 g/mol. The normalized spacial score (nSPS) is 10.2. The van der Waals surface area contributed by atoms with Crippen LogP contribution in [0.25, 0.3) is 0 Å². The summed E-state index contributed by atoms with van der Waals surface area (Å²) in [7, 11) is 1.63. The molecule has 4 nitrogen and oxygen atoms in total. The van der Waals surface area contributed by atoms with Crippen LogP contribution >= 0.6 is 11.6 Å². The van der Waals surface area contributed by atoms with E-state index in [1.807, 2.05) is 18.2 Å². The van der Waals surface area contributed by atoms with Gasteiger partial charge in [0.1, 0.15) is 0 Å². The predicted octanol–water partition coefficient (Wildman–Crippen LogP) is 2.22. The number of nitrogens with zero attached hydrogens (tertiary/aromatic N) is 1. The van der Waals surface area contributed by atoms with Crippen LogP contribution in [0.3, 0.4) is 0 Å². The van der Waals surface area contributed by atoms with Crippen molar-refractivity contribution in [1.82, 2.24) is 4.57 Å². The zero-order chi connectivity index (χ0) is 13.8. The van der Waals surface area contributed by atoms with Crippen LogP contribution in [-0.2, 0) is 18.3 Å². The number of amides is 1. The minimum atomic E-state index is -0.174. The summed E-state index contributed by atoms with van der Waals surface area (Å²) in [5, 5.41) is 3.30. The minimum Gasteiger partial charge on any atom is -0.324 e. The molecule has 0 fully saturated rings. The highest BCUT2D eigenvalue weighted by molar-refractivity contribution is 6.31. The minimum absolute atomic E-state index is 0.121. The van der Waals surface area contributed by atoms with Crippen LogP contribution in [0, 0.1) is 0 Å². The van der Waals surface area contributed by atoms with E-state index in [4.69, 9.17) is 11.6 Å². The molecule has 5 heteroatoms. The number of carbonyl (C=O) groups excluding carboxylic acids is 1. The quantitative estimate of drug-likeness (QED) is 0.934. The second-order valence-electron chi connectivity index (χ2n) is 4.18. The van der Waals surface area contributed by atoms with Crippen LogP contribution in [0.4, 0.5) is 5.69 Å². The van der Waals surface area contributed by atoms with Crippen LogP contribution in [0.5, 0.6) is 0 Å². The van der Waals surface area contributed by atoms with Gasteiger partial charge in [-0.1, -0.05) is 29.8 Å². The zero-order valence-corrected chi connectivity index (χ0v) is 11.1. The van der Waals surface area contributed by atoms with Gasteiger partial charge in [-0.3, -0.25) is 9.59 Å². The van der Waals surface area contributed by atoms with E-state index < -0.39 is 0 Å². The van der Waals surface area contributed by atoms with E-state index in [0.29, 0.717) is 10.7 Å². The van der Waals surface area contributed by atoms with E-state index in [9.17, 15) is 9.59 Å². The number of hydrogen-bond acceptors (Lipinski definition) is 2. The number of aromatic nitrogens is 1. The molecule has 0 saturated carbocycles. The molecule has 1 amide bonds. The van der Waals surface area contributed by atoms with Gasteiger partial charge in [-0.15, -0.1) is 0 Å². The van der Waals surface area contributed by atoms with Crippen LogP contribution in [-0.4, -0.2) is 10.5 Å². The highest BCUT2D eigenvalue weighted by atomic mass is 35.5. The van der Waals surface area contributed by atoms with Gasteiger partial charge in [0.05, 0.1) is 12.1 Å². The van der Waals surface area contributed by atoms with Crippen LogP contribution in [0.15, 0.2) is 47.4 Å². The van der Waals surface area contributed by atoms with Crippen LogP contribution < -0.4 is 10.9 Å². The molecule has 2 aromatic rings. The van der Waals surface area contributed by atoms with E-state index in [1.54, 1.807) is 25.4 Å². The average Bonchev–Trinajstić information content (AvgIpc) is 2.37. The summed E-state index contributed by atoms with van der Waals surface area (Å²) in [5.41, 5.74) is 1.23. The third-order valence-corrected chi connectivity index (χ3v) is 3.05. The van der Waals surface area contributed by atoms with Crippen molar-refractivity contribution in [3.05, 3.63) is 63.5 Å². The Morgan fingerprint density at radius 2 is 2.00 bits per heavy atom. The summed E-state index contributed by atoms with van der Waals surface area (Å²) in [5.74, 6) is -0.174. The summed E-state index contributed by atoms with van der Waals surface area (Å²) in [6.07, 6.45) is 1.77. The standard InChI is InChI=1S/C14H13ClN2O2/c1-17-9-11(6-7-14(17)19)16-13(18)8-10-4-2-3-5-12(10)15/h2-7,9H,8H2,1H3,(H,16,18). The molecule has 1 aromatic heterocycles. The molecule has 19 heavy (non-hydrogen) atoms. The summed E-state index contributed by atoms with van der Waals surface area (Å²) in [4.78, 5) is 23.1. The largest absolute Gasteiger partial charge is 0.324 e. The third kappa shape index (κ3) is 3.45. The molecule has 1 heterocycles. The maximum atomic E-state index is 11.9. The van der Waals surface area contributed by atoms with E-state index >= 15 is 0 Å². The Labute approximate surface area is 115 Å². The number of halogens is 1. The highest BCUT2D eigenvalue weighted by Gasteiger charge is 2.07. The average molecular weight is 277 g/mol. The number of pyridine rings is 1. The Morgan fingerprint density at radius 1 is 1.26 bits per heavy atom. The lowest BCUT2D eigenvalue weighted by Gasteiger charge is -2.07. The fourth-order valence-corrected chi connectivity index (χ4v) is 1.89. The molecule has 0 aliphatic rings. The number of hydrogen-bond donors (Lipinski definition) is 1. The molecule has 0 spiro atoms. The van der Waals surface area contributed by atoms with E-state index in [2.05, 4.69) is 5.32 Å². The van der Waals surface area contributed by atoms with Gasteiger partial charge in [-0.05, 0) is 17.7 Å². The summed E-state index contributed by atoms with van der Waals surface area (Å²) in [6, 6.07) is 10.2. The van der Waals surface area contributed by atoms with Crippen molar-refractivity contribution in [3.63, 3.8) is 0 Å². The number of carbonyl (C=O) groups is 1. The lowest BCUT2D eigenvalue weighted by molar-refractivity contribution is -0.115. The number of aryl methyl sites for hydroxylation is 1. The van der Waals surface area contributed by atoms with Gasteiger partial charge < -0.3 is 9.88 Å². The van der Waals surface area contributed by atoms with Crippen molar-refractivity contribution in [2.45, 2.75) is 6.42 Å². The number of benzene rings is 1. The van der Waals surface area contributed by atoms with E-state index in [-0.39, 0.29) is 17.9 Å². The second kappa shape index (κ2) is 5.71. The van der Waals surface area contributed by atoms with Crippen molar-refractivity contribution in [2.24, 2.45) is 7.05 Å². The highest BCUT2D eigenvalue weighted by Crippen LogP contribution is 2.16. The van der Waals surface area contributed by atoms with Crippen molar-refractivity contribution < 1.29 is 4.79 Å². The first-order valence-electron chi connectivity index (χ1n) is 5.76. The third-order valence-electron chi connectivity index (χ3n) is 2.68. The summed E-state index contributed by atoms with van der Waals surface area (Å²) < 4.78 is 1.41. The summed E-state index contributed by atoms with van der Waals surface area (Å²) >= 11 is 5.99. The molecule has 2 rings (SSSR count). The molecule has 0 saturated heterocycles. The molecule has 0 radical (unpaired) electrons. The van der Waals surface area contributed by atoms with Crippen molar-refractivity contribution in [3.8, 4) is 0 Å². The van der Waals surface area contributed by atoms with Gasteiger partial charge in [-0.25, -0.2) is 0 Å². The van der Waals surface area contributed by atoms with Crippen molar-refractivity contribution in [2.75, 3.05) is 5.32 Å². The van der Waals surface area contributed by atoms with Gasteiger partial charge in [0.15, 0.2) is 0 Å². The number of nitrogens with one attached hydrogen (secondary N) is 1. The Kier molecular flexibility index (Phi) is 4.02. The Morgan fingerprint density at radius 3 is 2.68 bits per heavy atom. The van der Waals surface area contributed by atoms with Crippen LogP contribution in [0.2, 0.25) is 5.02 Å². The maximum absolute atomic E-state index is 11.9. The van der Waals surface area contributed by atoms with Gasteiger partial charge in [0, 0.05) is 24.3 Å². The molecule has 0 aliphatic carbocycles. The Balaban J connectivity index is 2.07. The molecular weight excluding hydrogens is 264 g/mol. The second-order valence-corrected chi connectivity index (χ2v) is 4.59. The van der Waals surface area contributed by atoms with E-state index in [0.717, 1.165) is 5.56 Å². The van der Waals surface area contributed by atoms with Crippen molar-refractivity contribution >= 4 is 23.2 Å².